The van der Waals surface area contributed by atoms with E-state index in [2.05, 4.69) is 25.4 Å². The van der Waals surface area contributed by atoms with Gasteiger partial charge in [-0.25, -0.2) is 4.98 Å². The van der Waals surface area contributed by atoms with Crippen LogP contribution in [0.25, 0.3) is 17.0 Å². The van der Waals surface area contributed by atoms with Crippen LogP contribution in [0, 0.1) is 6.92 Å². The summed E-state index contributed by atoms with van der Waals surface area (Å²) < 4.78 is 1.69. The Morgan fingerprint density at radius 2 is 2.08 bits per heavy atom. The molecule has 5 rings (SSSR count). The second-order valence-corrected chi connectivity index (χ2v) is 6.43. The van der Waals surface area contributed by atoms with Gasteiger partial charge in [0.1, 0.15) is 5.82 Å². The fourth-order valence-corrected chi connectivity index (χ4v) is 3.61. The number of nitrogens with one attached hydrogen (secondary N) is 2. The lowest BCUT2D eigenvalue weighted by Crippen LogP contribution is -2.25. The van der Waals surface area contributed by atoms with Gasteiger partial charge in [-0.05, 0) is 30.7 Å². The molecule has 0 fully saturated rings. The van der Waals surface area contributed by atoms with E-state index in [0.717, 1.165) is 27.9 Å². The van der Waals surface area contributed by atoms with Crippen LogP contribution in [0.1, 0.15) is 29.2 Å². The number of nitrogens with zero attached hydrogens (tertiary/aromatic N) is 4. The predicted molar refractivity (Wildman–Crippen MR) is 97.3 cm³/mol. The first-order chi connectivity index (χ1) is 12.7. The molecule has 1 aliphatic heterocycles. The highest BCUT2D eigenvalue weighted by Crippen LogP contribution is 2.39. The lowest BCUT2D eigenvalue weighted by atomic mass is 9.87. The zero-order valence-electron chi connectivity index (χ0n) is 14.1. The third-order valence-corrected chi connectivity index (χ3v) is 4.77. The number of hydrogen-bond donors (Lipinski definition) is 2. The molecule has 1 aliphatic rings. The SMILES string of the molecule is Cc1nn(-c2nc3ccccc3[nH]2)c2c1C(c1cccnc1)CC(=O)N2. The van der Waals surface area contributed by atoms with Crippen molar-refractivity contribution in [3.63, 3.8) is 0 Å². The highest BCUT2D eigenvalue weighted by molar-refractivity contribution is 5.95. The zero-order chi connectivity index (χ0) is 17.7. The summed E-state index contributed by atoms with van der Waals surface area (Å²) >= 11 is 0. The third kappa shape index (κ3) is 2.21. The number of aryl methyl sites for hydroxylation is 1. The Morgan fingerprint density at radius 3 is 2.88 bits per heavy atom. The Hall–Kier alpha value is -3.48. The molecule has 4 aromatic rings. The van der Waals surface area contributed by atoms with Crippen molar-refractivity contribution >= 4 is 22.8 Å². The highest BCUT2D eigenvalue weighted by atomic mass is 16.1. The fourth-order valence-electron chi connectivity index (χ4n) is 3.61. The maximum Gasteiger partial charge on any atom is 0.231 e. The molecule has 1 aromatic carbocycles. The average Bonchev–Trinajstić information content (AvgIpc) is 3.23. The van der Waals surface area contributed by atoms with Gasteiger partial charge in [0.05, 0.1) is 16.7 Å². The Kier molecular flexibility index (Phi) is 3.15. The summed E-state index contributed by atoms with van der Waals surface area (Å²) in [5.41, 5.74) is 4.67. The molecular weight excluding hydrogens is 328 g/mol. The van der Waals surface area contributed by atoms with Crippen LogP contribution in [-0.2, 0) is 4.79 Å². The van der Waals surface area contributed by atoms with Crippen molar-refractivity contribution in [1.29, 1.82) is 0 Å². The number of imidazole rings is 1. The number of pyridine rings is 1. The molecule has 0 radical (unpaired) electrons. The molecule has 2 N–H and O–H groups in total. The number of aromatic amines is 1. The van der Waals surface area contributed by atoms with Gasteiger partial charge in [-0.1, -0.05) is 18.2 Å². The number of fused-ring (bicyclic) bond motifs is 2. The van der Waals surface area contributed by atoms with E-state index in [-0.39, 0.29) is 11.8 Å². The van der Waals surface area contributed by atoms with Gasteiger partial charge >= 0.3 is 0 Å². The summed E-state index contributed by atoms with van der Waals surface area (Å²) in [5.74, 6) is 1.16. The van der Waals surface area contributed by atoms with E-state index in [1.54, 1.807) is 10.9 Å². The van der Waals surface area contributed by atoms with Crippen LogP contribution in [0.3, 0.4) is 0 Å². The van der Waals surface area contributed by atoms with Crippen LogP contribution < -0.4 is 5.32 Å². The molecule has 1 atom stereocenters. The minimum Gasteiger partial charge on any atom is -0.322 e. The summed E-state index contributed by atoms with van der Waals surface area (Å²) in [7, 11) is 0. The second-order valence-electron chi connectivity index (χ2n) is 6.43. The molecule has 7 heteroatoms. The molecule has 4 heterocycles. The maximum atomic E-state index is 12.4. The van der Waals surface area contributed by atoms with Crippen LogP contribution in [0.4, 0.5) is 5.82 Å². The van der Waals surface area contributed by atoms with Crippen LogP contribution >= 0.6 is 0 Å². The molecule has 0 aliphatic carbocycles. The number of benzene rings is 1. The van der Waals surface area contributed by atoms with Gasteiger partial charge < -0.3 is 10.3 Å². The van der Waals surface area contributed by atoms with Gasteiger partial charge in [-0.3, -0.25) is 9.78 Å². The quantitative estimate of drug-likeness (QED) is 0.585. The Bertz CT molecular complexity index is 1090. The monoisotopic (exact) mass is 344 g/mol. The van der Waals surface area contributed by atoms with E-state index in [0.29, 0.717) is 18.2 Å². The van der Waals surface area contributed by atoms with Gasteiger partial charge in [0.2, 0.25) is 11.9 Å². The molecule has 3 aromatic heterocycles. The van der Waals surface area contributed by atoms with Gasteiger partial charge in [-0.2, -0.15) is 9.78 Å². The molecule has 1 amide bonds. The Labute approximate surface area is 149 Å². The van der Waals surface area contributed by atoms with Crippen LogP contribution in [0.2, 0.25) is 0 Å². The molecule has 0 bridgehead atoms. The Morgan fingerprint density at radius 1 is 1.19 bits per heavy atom. The number of carbonyl (C=O) groups excluding carboxylic acids is 1. The van der Waals surface area contributed by atoms with Gasteiger partial charge in [0.15, 0.2) is 0 Å². The molecule has 0 saturated carbocycles. The van der Waals surface area contributed by atoms with Crippen molar-refractivity contribution in [3.8, 4) is 5.95 Å². The minimum atomic E-state index is -0.0643. The second kappa shape index (κ2) is 5.52. The summed E-state index contributed by atoms with van der Waals surface area (Å²) in [5, 5.41) is 7.63. The molecule has 128 valence electrons. The van der Waals surface area contributed by atoms with E-state index in [1.807, 2.05) is 49.5 Å². The van der Waals surface area contributed by atoms with E-state index < -0.39 is 0 Å². The lowest BCUT2D eigenvalue weighted by molar-refractivity contribution is -0.116. The number of carbonyl (C=O) groups is 1. The largest absolute Gasteiger partial charge is 0.322 e. The first kappa shape index (κ1) is 14.8. The highest BCUT2D eigenvalue weighted by Gasteiger charge is 2.33. The topological polar surface area (TPSA) is 88.5 Å². The molecule has 1 unspecified atom stereocenters. The van der Waals surface area contributed by atoms with Gasteiger partial charge in [0.25, 0.3) is 0 Å². The van der Waals surface area contributed by atoms with Crippen LogP contribution in [0.5, 0.6) is 0 Å². The van der Waals surface area contributed by atoms with E-state index in [4.69, 9.17) is 0 Å². The smallest absolute Gasteiger partial charge is 0.231 e. The standard InChI is InChI=1S/C19H16N6O/c1-11-17-13(12-5-4-8-20-10-12)9-16(26)23-18(17)25(24-11)19-21-14-6-2-3-7-15(14)22-19/h2-8,10,13H,9H2,1H3,(H,21,22)(H,23,26). The van der Waals surface area contributed by atoms with Gasteiger partial charge in [0, 0.05) is 30.3 Å². The molecule has 0 saturated heterocycles. The van der Waals surface area contributed by atoms with Gasteiger partial charge in [-0.15, -0.1) is 0 Å². The minimum absolute atomic E-state index is 0.0383. The van der Waals surface area contributed by atoms with Crippen molar-refractivity contribution in [1.82, 2.24) is 24.7 Å². The Balaban J connectivity index is 1.69. The van der Waals surface area contributed by atoms with Crippen molar-refractivity contribution in [3.05, 3.63) is 65.6 Å². The lowest BCUT2D eigenvalue weighted by Gasteiger charge is -2.23. The number of hydrogen-bond acceptors (Lipinski definition) is 4. The number of aromatic nitrogens is 5. The average molecular weight is 344 g/mol. The number of anilines is 1. The summed E-state index contributed by atoms with van der Waals surface area (Å²) in [6, 6.07) is 11.7. The third-order valence-electron chi connectivity index (χ3n) is 4.77. The zero-order valence-corrected chi connectivity index (χ0v) is 14.1. The number of amides is 1. The summed E-state index contributed by atoms with van der Waals surface area (Å²) in [4.78, 5) is 24.5. The first-order valence-electron chi connectivity index (χ1n) is 8.45. The molecular formula is C19H16N6O. The summed E-state index contributed by atoms with van der Waals surface area (Å²) in [6.07, 6.45) is 3.92. The van der Waals surface area contributed by atoms with Crippen molar-refractivity contribution in [2.45, 2.75) is 19.3 Å². The van der Waals surface area contributed by atoms with Crippen molar-refractivity contribution in [2.24, 2.45) is 0 Å². The summed E-state index contributed by atoms with van der Waals surface area (Å²) in [6.45, 7) is 1.96. The number of para-hydroxylation sites is 2. The van der Waals surface area contributed by atoms with Crippen LogP contribution in [0.15, 0.2) is 48.8 Å². The molecule has 7 nitrogen and oxygen atoms in total. The van der Waals surface area contributed by atoms with E-state index in [9.17, 15) is 4.79 Å². The van der Waals surface area contributed by atoms with E-state index in [1.165, 1.54) is 0 Å². The molecule has 0 spiro atoms. The van der Waals surface area contributed by atoms with Crippen molar-refractivity contribution < 1.29 is 4.79 Å². The van der Waals surface area contributed by atoms with Crippen LogP contribution in [-0.4, -0.2) is 30.6 Å². The molecule has 26 heavy (non-hydrogen) atoms. The predicted octanol–water partition coefficient (Wildman–Crippen LogP) is 2.93. The number of rotatable bonds is 2. The first-order valence-corrected chi connectivity index (χ1v) is 8.45. The fraction of sp³-hybridized carbons (Fsp3) is 0.158. The normalized spacial score (nSPS) is 16.5. The van der Waals surface area contributed by atoms with E-state index >= 15 is 0 Å². The van der Waals surface area contributed by atoms with Crippen molar-refractivity contribution in [2.75, 3.05) is 5.32 Å². The number of H-pyrrole nitrogens is 1. The maximum absolute atomic E-state index is 12.4.